The van der Waals surface area contributed by atoms with Crippen LogP contribution in [0, 0.1) is 0 Å². The minimum Gasteiger partial charge on any atom is -0.507 e. The van der Waals surface area contributed by atoms with Crippen molar-refractivity contribution in [3.8, 4) is 5.75 Å². The highest BCUT2D eigenvalue weighted by atomic mass is 32.2. The molecule has 10 heteroatoms. The van der Waals surface area contributed by atoms with Crippen molar-refractivity contribution in [3.05, 3.63) is 53.1 Å². The van der Waals surface area contributed by atoms with Crippen LogP contribution in [0.3, 0.4) is 0 Å². The third-order valence-electron chi connectivity index (χ3n) is 5.92. The summed E-state index contributed by atoms with van der Waals surface area (Å²) < 4.78 is 29.1. The Morgan fingerprint density at radius 1 is 1.14 bits per heavy atom. The smallest absolute Gasteiger partial charge is 0.259 e. The van der Waals surface area contributed by atoms with Crippen LogP contribution in [0.1, 0.15) is 55.1 Å². The normalized spacial score (nSPS) is 14.7. The minimum atomic E-state index is -3.32. The van der Waals surface area contributed by atoms with Gasteiger partial charge in [0, 0.05) is 37.0 Å². The number of Topliss-reactive ketones (excluding diaryl/α,β-unsaturated/α-hetero) is 1. The van der Waals surface area contributed by atoms with Crippen molar-refractivity contribution < 1.29 is 32.6 Å². The van der Waals surface area contributed by atoms with E-state index < -0.39 is 21.2 Å². The monoisotopic (exact) mass is 516 g/mol. The Kier molecular flexibility index (Phi) is 8.20. The van der Waals surface area contributed by atoms with E-state index in [1.807, 2.05) is 20.8 Å². The summed E-state index contributed by atoms with van der Waals surface area (Å²) in [6.07, 6.45) is 0.0350. The highest BCUT2D eigenvalue weighted by molar-refractivity contribution is 7.90. The molecule has 0 aromatic heterocycles. The van der Waals surface area contributed by atoms with Crippen LogP contribution in [0.15, 0.2) is 36.4 Å². The maximum atomic E-state index is 13.2. The van der Waals surface area contributed by atoms with Crippen molar-refractivity contribution in [1.29, 1.82) is 0 Å². The van der Waals surface area contributed by atoms with Gasteiger partial charge in [0.1, 0.15) is 11.5 Å². The second-order valence-corrected chi connectivity index (χ2v) is 12.1. The molecular weight excluding hydrogens is 484 g/mol. The number of carbonyl (C=O) groups is 3. The van der Waals surface area contributed by atoms with Crippen molar-refractivity contribution >= 4 is 38.8 Å². The molecule has 1 aliphatic rings. The van der Waals surface area contributed by atoms with Gasteiger partial charge in [-0.05, 0) is 35.2 Å². The zero-order chi connectivity index (χ0) is 26.7. The summed E-state index contributed by atoms with van der Waals surface area (Å²) in [5, 5.41) is 13.7. The van der Waals surface area contributed by atoms with Gasteiger partial charge in [0.2, 0.25) is 5.91 Å². The number of ether oxygens (including phenoxy) is 1. The van der Waals surface area contributed by atoms with Gasteiger partial charge in [-0.2, -0.15) is 0 Å². The molecule has 0 spiro atoms. The van der Waals surface area contributed by atoms with Gasteiger partial charge in [0.15, 0.2) is 9.84 Å². The van der Waals surface area contributed by atoms with E-state index in [1.165, 1.54) is 18.1 Å². The summed E-state index contributed by atoms with van der Waals surface area (Å²) in [6, 6.07) is 9.53. The lowest BCUT2D eigenvalue weighted by atomic mass is 9.84. The molecule has 2 N–H and O–H groups in total. The van der Waals surface area contributed by atoms with Crippen LogP contribution in [0.25, 0.3) is 0 Å². The molecule has 0 saturated carbocycles. The average molecular weight is 517 g/mol. The number of hydrogen-bond donors (Lipinski definition) is 2. The van der Waals surface area contributed by atoms with Gasteiger partial charge in [-0.15, -0.1) is 0 Å². The minimum absolute atomic E-state index is 0.00616. The fraction of sp³-hybridized carbons (Fsp3) is 0.423. The van der Waals surface area contributed by atoms with E-state index in [4.69, 9.17) is 4.74 Å². The largest absolute Gasteiger partial charge is 0.507 e. The molecule has 2 amide bonds. The van der Waals surface area contributed by atoms with Crippen molar-refractivity contribution in [2.75, 3.05) is 36.2 Å². The number of benzene rings is 2. The summed E-state index contributed by atoms with van der Waals surface area (Å²) in [4.78, 5) is 38.8. The number of hydrogen-bond acceptors (Lipinski definition) is 7. The Morgan fingerprint density at radius 3 is 2.39 bits per heavy atom. The number of nitrogens with zero attached hydrogens (tertiary/aromatic N) is 1. The van der Waals surface area contributed by atoms with E-state index in [0.717, 1.165) is 0 Å². The third kappa shape index (κ3) is 6.70. The van der Waals surface area contributed by atoms with Crippen LogP contribution in [0.2, 0.25) is 0 Å². The number of carbonyl (C=O) groups excluding carboxylic acids is 3. The standard InChI is InChI=1S/C26H32N2O7S/c1-26(2,3)22-14-19(28-10-9-20(29)15-23(28)30)13-21(24(22)31)25(32)27-18-7-5-17(6-8-18)16-36(33,34)12-11-35-4/h5-8,13-14,31H,9-12,15-16H2,1-4H3,(H,27,32). The SMILES string of the molecule is COCCS(=O)(=O)Cc1ccc(NC(=O)c2cc(N3CCC(=O)CC3=O)cc(C(C)(C)C)c2O)cc1. The van der Waals surface area contributed by atoms with Gasteiger partial charge >= 0.3 is 0 Å². The lowest BCUT2D eigenvalue weighted by molar-refractivity contribution is -0.128. The molecule has 1 heterocycles. The molecule has 3 rings (SSSR count). The van der Waals surface area contributed by atoms with Crippen LogP contribution < -0.4 is 10.2 Å². The van der Waals surface area contributed by atoms with Crippen molar-refractivity contribution in [3.63, 3.8) is 0 Å². The molecule has 0 bridgehead atoms. The van der Waals surface area contributed by atoms with Crippen LogP contribution in [-0.2, 0) is 35.3 Å². The molecule has 1 saturated heterocycles. The van der Waals surface area contributed by atoms with Gasteiger partial charge in [0.05, 0.1) is 30.1 Å². The Morgan fingerprint density at radius 2 is 1.81 bits per heavy atom. The Bertz CT molecular complexity index is 1260. The summed E-state index contributed by atoms with van der Waals surface area (Å²) >= 11 is 0. The first-order valence-electron chi connectivity index (χ1n) is 11.6. The van der Waals surface area contributed by atoms with Crippen LogP contribution in [0.4, 0.5) is 11.4 Å². The number of phenols is 1. The van der Waals surface area contributed by atoms with Gasteiger partial charge < -0.3 is 20.1 Å². The molecule has 0 unspecified atom stereocenters. The predicted molar refractivity (Wildman–Crippen MR) is 137 cm³/mol. The van der Waals surface area contributed by atoms with E-state index in [9.17, 15) is 27.9 Å². The fourth-order valence-corrected chi connectivity index (χ4v) is 5.19. The number of ketones is 1. The van der Waals surface area contributed by atoms with Gasteiger partial charge in [-0.25, -0.2) is 8.42 Å². The number of rotatable bonds is 8. The summed E-state index contributed by atoms with van der Waals surface area (Å²) in [7, 11) is -1.88. The number of phenolic OH excluding ortho intramolecular Hbond substituents is 1. The molecule has 9 nitrogen and oxygen atoms in total. The number of sulfone groups is 1. The zero-order valence-corrected chi connectivity index (χ0v) is 21.8. The second kappa shape index (κ2) is 10.8. The van der Waals surface area contributed by atoms with Crippen molar-refractivity contribution in [2.45, 2.75) is 44.8 Å². The molecule has 1 fully saturated rings. The molecule has 36 heavy (non-hydrogen) atoms. The predicted octanol–water partition coefficient (Wildman–Crippen LogP) is 3.20. The Balaban J connectivity index is 1.86. The lowest BCUT2D eigenvalue weighted by Gasteiger charge is -2.29. The summed E-state index contributed by atoms with van der Waals surface area (Å²) in [5.74, 6) is -1.47. The highest BCUT2D eigenvalue weighted by Crippen LogP contribution is 2.38. The summed E-state index contributed by atoms with van der Waals surface area (Å²) in [6.45, 7) is 5.98. The first-order valence-corrected chi connectivity index (χ1v) is 13.4. The van der Waals surface area contributed by atoms with E-state index >= 15 is 0 Å². The van der Waals surface area contributed by atoms with Crippen LogP contribution in [0.5, 0.6) is 5.75 Å². The Labute approximate surface area is 211 Å². The second-order valence-electron chi connectivity index (χ2n) is 9.89. The van der Waals surface area contributed by atoms with Gasteiger partial charge in [-0.3, -0.25) is 14.4 Å². The van der Waals surface area contributed by atoms with E-state index in [1.54, 1.807) is 30.3 Å². The van der Waals surface area contributed by atoms with E-state index in [-0.39, 0.29) is 60.5 Å². The van der Waals surface area contributed by atoms with Gasteiger partial charge in [0.25, 0.3) is 5.91 Å². The molecular formula is C26H32N2O7S. The first kappa shape index (κ1) is 27.3. The lowest BCUT2D eigenvalue weighted by Crippen LogP contribution is -2.39. The topological polar surface area (TPSA) is 130 Å². The third-order valence-corrected chi connectivity index (χ3v) is 7.48. The molecule has 0 atom stereocenters. The van der Waals surface area contributed by atoms with Crippen molar-refractivity contribution in [2.24, 2.45) is 0 Å². The summed E-state index contributed by atoms with van der Waals surface area (Å²) in [5.41, 5.74) is 1.39. The highest BCUT2D eigenvalue weighted by Gasteiger charge is 2.30. The van der Waals surface area contributed by atoms with Crippen molar-refractivity contribution in [1.82, 2.24) is 0 Å². The van der Waals surface area contributed by atoms with Crippen LogP contribution in [-0.4, -0.2) is 57.1 Å². The molecule has 1 aliphatic heterocycles. The number of anilines is 2. The number of aromatic hydroxyl groups is 1. The maximum absolute atomic E-state index is 13.2. The number of nitrogens with one attached hydrogen (secondary N) is 1. The van der Waals surface area contributed by atoms with E-state index in [0.29, 0.717) is 22.5 Å². The first-order chi connectivity index (χ1) is 16.8. The Hall–Kier alpha value is -3.24. The molecule has 2 aromatic rings. The number of amides is 2. The number of methoxy groups -OCH3 is 1. The van der Waals surface area contributed by atoms with E-state index in [2.05, 4.69) is 5.32 Å². The molecule has 0 aliphatic carbocycles. The zero-order valence-electron chi connectivity index (χ0n) is 21.0. The maximum Gasteiger partial charge on any atom is 0.259 e. The fourth-order valence-electron chi connectivity index (χ4n) is 3.93. The molecule has 2 aromatic carbocycles. The average Bonchev–Trinajstić information content (AvgIpc) is 2.78. The molecule has 0 radical (unpaired) electrons. The van der Waals surface area contributed by atoms with Gasteiger partial charge in [-0.1, -0.05) is 32.9 Å². The van der Waals surface area contributed by atoms with Crippen LogP contribution >= 0.6 is 0 Å². The molecule has 194 valence electrons. The quantitative estimate of drug-likeness (QED) is 0.515. The number of piperidine rings is 1.